The smallest absolute Gasteiger partial charge is 0.271 e. The number of hydrogen-bond acceptors (Lipinski definition) is 6. The third-order valence-corrected chi connectivity index (χ3v) is 5.99. The number of nitrogens with one attached hydrogen (secondary N) is 1. The predicted octanol–water partition coefficient (Wildman–Crippen LogP) is 2.92. The van der Waals surface area contributed by atoms with Gasteiger partial charge in [0.1, 0.15) is 23.1 Å². The van der Waals surface area contributed by atoms with E-state index in [0.29, 0.717) is 55.5 Å². The number of benzene rings is 2. The zero-order valence-electron chi connectivity index (χ0n) is 19.2. The number of aromatic nitrogens is 2. The molecular weight excluding hydrogens is 439 g/mol. The van der Waals surface area contributed by atoms with Crippen LogP contribution < -0.4 is 25.2 Å². The summed E-state index contributed by atoms with van der Waals surface area (Å²) in [5.74, 6) is 1.54. The Balaban J connectivity index is 1.37. The van der Waals surface area contributed by atoms with E-state index in [1.54, 1.807) is 20.3 Å². The summed E-state index contributed by atoms with van der Waals surface area (Å²) in [6, 6.07) is 14.2. The molecule has 0 saturated carbocycles. The normalized spacial score (nSPS) is 14.0. The number of carbonyl (C=O) groups excluding carboxylic acids is 1. The molecule has 2 heterocycles. The van der Waals surface area contributed by atoms with Gasteiger partial charge in [0, 0.05) is 37.2 Å². The second-order valence-corrected chi connectivity index (χ2v) is 8.07. The maximum atomic E-state index is 13.2. The molecule has 0 unspecified atom stereocenters. The molecule has 9 heteroatoms. The molecule has 1 aromatic heterocycles. The summed E-state index contributed by atoms with van der Waals surface area (Å²) in [4.78, 5) is 27.1. The van der Waals surface area contributed by atoms with Crippen LogP contribution in [0.25, 0.3) is 5.69 Å². The van der Waals surface area contributed by atoms with Gasteiger partial charge in [0.15, 0.2) is 0 Å². The molecule has 8 nitrogen and oxygen atoms in total. The number of rotatable bonds is 7. The Hall–Kier alpha value is -3.88. The van der Waals surface area contributed by atoms with Crippen molar-refractivity contribution in [3.8, 4) is 17.2 Å². The van der Waals surface area contributed by atoms with Crippen LogP contribution >= 0.6 is 0 Å². The largest absolute Gasteiger partial charge is 0.497 e. The van der Waals surface area contributed by atoms with Crippen molar-refractivity contribution in [1.82, 2.24) is 15.1 Å². The monoisotopic (exact) mass is 466 g/mol. The van der Waals surface area contributed by atoms with Crippen LogP contribution in [0.5, 0.6) is 11.5 Å². The number of carbonyl (C=O) groups is 1. The molecule has 0 radical (unpaired) electrons. The van der Waals surface area contributed by atoms with Crippen molar-refractivity contribution in [3.63, 3.8) is 0 Å². The van der Waals surface area contributed by atoms with Crippen LogP contribution in [-0.2, 0) is 11.3 Å². The number of halogens is 1. The first-order chi connectivity index (χ1) is 16.5. The van der Waals surface area contributed by atoms with Crippen LogP contribution in [0, 0.1) is 11.7 Å². The molecule has 34 heavy (non-hydrogen) atoms. The summed E-state index contributed by atoms with van der Waals surface area (Å²) in [5, 5.41) is 7.47. The molecule has 3 aromatic rings. The van der Waals surface area contributed by atoms with Gasteiger partial charge in [0.05, 0.1) is 19.9 Å². The molecule has 1 fully saturated rings. The van der Waals surface area contributed by atoms with Crippen LogP contribution in [0.2, 0.25) is 0 Å². The topological polar surface area (TPSA) is 85.7 Å². The number of nitrogens with zero attached hydrogens (tertiary/aromatic N) is 3. The standard InChI is InChI=1S/C25H27FN4O4/c1-33-21-7-8-22(34-2)18(15-21)16-27-25(32)17-11-13-29(14-12-17)23-9-10-24(31)30(28-23)20-5-3-19(26)4-6-20/h3-10,15,17H,11-14,16H2,1-2H3,(H,27,32). The lowest BCUT2D eigenvalue weighted by atomic mass is 9.96. The fourth-order valence-electron chi connectivity index (χ4n) is 4.05. The Kier molecular flexibility index (Phi) is 7.10. The number of hydrogen-bond donors (Lipinski definition) is 1. The first-order valence-corrected chi connectivity index (χ1v) is 11.1. The fraction of sp³-hybridized carbons (Fsp3) is 0.320. The lowest BCUT2D eigenvalue weighted by molar-refractivity contribution is -0.125. The van der Waals surface area contributed by atoms with Gasteiger partial charge < -0.3 is 19.7 Å². The minimum absolute atomic E-state index is 0.00577. The average Bonchev–Trinajstić information content (AvgIpc) is 2.88. The molecule has 1 amide bonds. The van der Waals surface area contributed by atoms with Crippen molar-refractivity contribution in [1.29, 1.82) is 0 Å². The highest BCUT2D eigenvalue weighted by molar-refractivity contribution is 5.79. The third-order valence-electron chi connectivity index (χ3n) is 5.99. The van der Waals surface area contributed by atoms with Crippen molar-refractivity contribution in [2.24, 2.45) is 5.92 Å². The van der Waals surface area contributed by atoms with Gasteiger partial charge in [-0.2, -0.15) is 4.68 Å². The quantitative estimate of drug-likeness (QED) is 0.576. The molecule has 0 atom stereocenters. The highest BCUT2D eigenvalue weighted by atomic mass is 19.1. The highest BCUT2D eigenvalue weighted by Crippen LogP contribution is 2.25. The van der Waals surface area contributed by atoms with Crippen molar-refractivity contribution in [2.75, 3.05) is 32.2 Å². The van der Waals surface area contributed by atoms with Crippen LogP contribution in [0.1, 0.15) is 18.4 Å². The van der Waals surface area contributed by atoms with E-state index in [0.717, 1.165) is 5.56 Å². The molecule has 178 valence electrons. The summed E-state index contributed by atoms with van der Waals surface area (Å²) in [7, 11) is 3.19. The van der Waals surface area contributed by atoms with E-state index in [9.17, 15) is 14.0 Å². The Morgan fingerprint density at radius 1 is 1.06 bits per heavy atom. The molecule has 0 bridgehead atoms. The van der Waals surface area contributed by atoms with Crippen molar-refractivity contribution < 1.29 is 18.7 Å². The zero-order chi connectivity index (χ0) is 24.1. The molecule has 0 spiro atoms. The summed E-state index contributed by atoms with van der Waals surface area (Å²) in [6.07, 6.45) is 1.33. The lowest BCUT2D eigenvalue weighted by Gasteiger charge is -2.32. The van der Waals surface area contributed by atoms with Gasteiger partial charge in [-0.1, -0.05) is 0 Å². The first-order valence-electron chi connectivity index (χ1n) is 11.1. The predicted molar refractivity (Wildman–Crippen MR) is 126 cm³/mol. The summed E-state index contributed by atoms with van der Waals surface area (Å²) < 4.78 is 25.1. The minimum atomic E-state index is -0.377. The van der Waals surface area contributed by atoms with Crippen molar-refractivity contribution >= 4 is 11.7 Å². The Morgan fingerprint density at radius 2 is 1.79 bits per heavy atom. The molecule has 4 rings (SSSR count). The average molecular weight is 467 g/mol. The first kappa shape index (κ1) is 23.3. The summed E-state index contributed by atoms with van der Waals surface area (Å²) in [5.41, 5.74) is 1.05. The van der Waals surface area contributed by atoms with E-state index in [4.69, 9.17) is 9.47 Å². The molecule has 0 aliphatic carbocycles. The molecule has 1 aliphatic heterocycles. The van der Waals surface area contributed by atoms with E-state index in [1.165, 1.54) is 35.0 Å². The van der Waals surface area contributed by atoms with E-state index in [-0.39, 0.29) is 23.2 Å². The number of amides is 1. The fourth-order valence-corrected chi connectivity index (χ4v) is 4.05. The Labute approximate surface area is 196 Å². The molecule has 1 N–H and O–H groups in total. The highest BCUT2D eigenvalue weighted by Gasteiger charge is 2.26. The minimum Gasteiger partial charge on any atom is -0.497 e. The summed E-state index contributed by atoms with van der Waals surface area (Å²) in [6.45, 7) is 1.62. The molecule has 1 saturated heterocycles. The Bertz CT molecular complexity index is 1200. The van der Waals surface area contributed by atoms with Gasteiger partial charge in [-0.05, 0) is 61.4 Å². The maximum absolute atomic E-state index is 13.2. The molecule has 2 aromatic carbocycles. The van der Waals surface area contributed by atoms with Gasteiger partial charge in [-0.15, -0.1) is 5.10 Å². The molecule has 1 aliphatic rings. The zero-order valence-corrected chi connectivity index (χ0v) is 19.2. The van der Waals surface area contributed by atoms with Crippen molar-refractivity contribution in [2.45, 2.75) is 19.4 Å². The number of ether oxygens (including phenoxy) is 2. The van der Waals surface area contributed by atoms with E-state index in [2.05, 4.69) is 10.4 Å². The van der Waals surface area contributed by atoms with E-state index < -0.39 is 0 Å². The molecular formula is C25H27FN4O4. The third kappa shape index (κ3) is 5.19. The van der Waals surface area contributed by atoms with Crippen LogP contribution in [0.4, 0.5) is 10.2 Å². The van der Waals surface area contributed by atoms with E-state index >= 15 is 0 Å². The summed E-state index contributed by atoms with van der Waals surface area (Å²) >= 11 is 0. The second kappa shape index (κ2) is 10.4. The number of methoxy groups -OCH3 is 2. The Morgan fingerprint density at radius 3 is 2.47 bits per heavy atom. The van der Waals surface area contributed by atoms with Crippen LogP contribution in [-0.4, -0.2) is 43.0 Å². The number of piperidine rings is 1. The van der Waals surface area contributed by atoms with Gasteiger partial charge in [-0.25, -0.2) is 4.39 Å². The number of anilines is 1. The van der Waals surface area contributed by atoms with Gasteiger partial charge in [0.2, 0.25) is 5.91 Å². The van der Waals surface area contributed by atoms with Crippen LogP contribution in [0.15, 0.2) is 59.4 Å². The van der Waals surface area contributed by atoms with Gasteiger partial charge in [-0.3, -0.25) is 9.59 Å². The van der Waals surface area contributed by atoms with Crippen LogP contribution in [0.3, 0.4) is 0 Å². The van der Waals surface area contributed by atoms with Gasteiger partial charge in [0.25, 0.3) is 5.56 Å². The maximum Gasteiger partial charge on any atom is 0.271 e. The second-order valence-electron chi connectivity index (χ2n) is 8.07. The van der Waals surface area contributed by atoms with Gasteiger partial charge >= 0.3 is 0 Å². The van der Waals surface area contributed by atoms with E-state index in [1.807, 2.05) is 23.1 Å². The van der Waals surface area contributed by atoms with Crippen molar-refractivity contribution in [3.05, 3.63) is 76.3 Å². The SMILES string of the molecule is COc1ccc(OC)c(CNC(=O)C2CCN(c3ccc(=O)n(-c4ccc(F)cc4)n3)CC2)c1. The lowest BCUT2D eigenvalue weighted by Crippen LogP contribution is -2.41.